The van der Waals surface area contributed by atoms with Crippen LogP contribution >= 0.6 is 0 Å². The summed E-state index contributed by atoms with van der Waals surface area (Å²) in [5, 5.41) is 0. The number of hydrogen-bond donors (Lipinski definition) is 1. The van der Waals surface area contributed by atoms with Gasteiger partial charge in [-0.25, -0.2) is 4.39 Å². The molecule has 2 aromatic rings. The van der Waals surface area contributed by atoms with E-state index < -0.39 is 5.82 Å². The molecule has 2 aromatic carbocycles. The Bertz CT molecular complexity index is 634. The van der Waals surface area contributed by atoms with Crippen molar-refractivity contribution in [3.63, 3.8) is 0 Å². The second-order valence-electron chi connectivity index (χ2n) is 4.61. The van der Waals surface area contributed by atoms with E-state index in [2.05, 4.69) is 0 Å². The van der Waals surface area contributed by atoms with Gasteiger partial charge in [-0.05, 0) is 36.2 Å². The van der Waals surface area contributed by atoms with Crippen LogP contribution in [0.1, 0.15) is 15.9 Å². The Kier molecular flexibility index (Phi) is 2.71. The van der Waals surface area contributed by atoms with Gasteiger partial charge in [-0.1, -0.05) is 18.2 Å². The summed E-state index contributed by atoms with van der Waals surface area (Å²) in [6.07, 6.45) is 0.762. The lowest BCUT2D eigenvalue weighted by Gasteiger charge is -2.28. The van der Waals surface area contributed by atoms with Crippen molar-refractivity contribution in [2.24, 2.45) is 0 Å². The van der Waals surface area contributed by atoms with E-state index in [0.29, 0.717) is 23.5 Å². The van der Waals surface area contributed by atoms with Gasteiger partial charge in [0.25, 0.3) is 5.91 Å². The lowest BCUT2D eigenvalue weighted by atomic mass is 9.98. The van der Waals surface area contributed by atoms with Crippen LogP contribution in [0.3, 0.4) is 0 Å². The molecule has 4 heteroatoms. The topological polar surface area (TPSA) is 46.3 Å². The lowest BCUT2D eigenvalue weighted by molar-refractivity contribution is 0.0980. The minimum absolute atomic E-state index is 0.105. The standard InChI is InChI=1S/C15H13FN2O/c16-11-7-12(17)9-13(8-11)18-6-5-10-3-1-2-4-14(10)15(18)19/h1-4,7-9H,5-6,17H2. The summed E-state index contributed by atoms with van der Waals surface area (Å²) < 4.78 is 13.4. The van der Waals surface area contributed by atoms with E-state index in [1.54, 1.807) is 17.0 Å². The summed E-state index contributed by atoms with van der Waals surface area (Å²) in [7, 11) is 0. The third kappa shape index (κ3) is 2.05. The fraction of sp³-hybridized carbons (Fsp3) is 0.133. The zero-order valence-corrected chi connectivity index (χ0v) is 10.3. The predicted octanol–water partition coefficient (Wildman–Crippen LogP) is 2.61. The van der Waals surface area contributed by atoms with Gasteiger partial charge in [0.05, 0.1) is 0 Å². The molecule has 2 N–H and O–H groups in total. The summed E-state index contributed by atoms with van der Waals surface area (Å²) in [4.78, 5) is 14.0. The number of halogens is 1. The van der Waals surface area contributed by atoms with Crippen LogP contribution in [0.25, 0.3) is 0 Å². The smallest absolute Gasteiger partial charge is 0.258 e. The summed E-state index contributed by atoms with van der Waals surface area (Å²) in [5.41, 5.74) is 8.17. The number of nitrogens with zero attached hydrogens (tertiary/aromatic N) is 1. The van der Waals surface area contributed by atoms with E-state index >= 15 is 0 Å². The molecular formula is C15H13FN2O. The van der Waals surface area contributed by atoms with Crippen LogP contribution in [0.4, 0.5) is 15.8 Å². The quantitative estimate of drug-likeness (QED) is 0.797. The highest BCUT2D eigenvalue weighted by molar-refractivity contribution is 6.08. The van der Waals surface area contributed by atoms with Crippen molar-refractivity contribution in [1.29, 1.82) is 0 Å². The summed E-state index contributed by atoms with van der Waals surface area (Å²) in [5.74, 6) is -0.534. The van der Waals surface area contributed by atoms with E-state index in [0.717, 1.165) is 12.0 Å². The van der Waals surface area contributed by atoms with Crippen molar-refractivity contribution in [2.45, 2.75) is 6.42 Å². The maximum Gasteiger partial charge on any atom is 0.258 e. The van der Waals surface area contributed by atoms with Crippen LogP contribution in [-0.4, -0.2) is 12.5 Å². The molecule has 0 saturated heterocycles. The van der Waals surface area contributed by atoms with Gasteiger partial charge < -0.3 is 10.6 Å². The van der Waals surface area contributed by atoms with Gasteiger partial charge in [0.2, 0.25) is 0 Å². The molecule has 0 unspecified atom stereocenters. The van der Waals surface area contributed by atoms with Crippen molar-refractivity contribution >= 4 is 17.3 Å². The number of anilines is 2. The highest BCUT2D eigenvalue weighted by Crippen LogP contribution is 2.26. The molecule has 19 heavy (non-hydrogen) atoms. The molecular weight excluding hydrogens is 243 g/mol. The molecule has 0 aromatic heterocycles. The minimum atomic E-state index is -0.429. The number of nitrogen functional groups attached to an aromatic ring is 1. The lowest BCUT2D eigenvalue weighted by Crippen LogP contribution is -2.37. The summed E-state index contributed by atoms with van der Waals surface area (Å²) in [6.45, 7) is 0.540. The van der Waals surface area contributed by atoms with E-state index in [1.807, 2.05) is 18.2 Å². The molecule has 96 valence electrons. The number of benzene rings is 2. The predicted molar refractivity (Wildman–Crippen MR) is 72.6 cm³/mol. The van der Waals surface area contributed by atoms with E-state index in [1.165, 1.54) is 12.1 Å². The Hall–Kier alpha value is -2.36. The maximum absolute atomic E-state index is 13.4. The highest BCUT2D eigenvalue weighted by atomic mass is 19.1. The first-order valence-corrected chi connectivity index (χ1v) is 6.11. The third-order valence-corrected chi connectivity index (χ3v) is 3.31. The van der Waals surface area contributed by atoms with Crippen LogP contribution in [0, 0.1) is 5.82 Å². The normalized spacial score (nSPS) is 14.4. The second kappa shape index (κ2) is 4.39. The van der Waals surface area contributed by atoms with Gasteiger partial charge >= 0.3 is 0 Å². The van der Waals surface area contributed by atoms with Gasteiger partial charge in [-0.3, -0.25) is 4.79 Å². The molecule has 3 rings (SSSR count). The largest absolute Gasteiger partial charge is 0.399 e. The zero-order chi connectivity index (χ0) is 13.4. The van der Waals surface area contributed by atoms with Gasteiger partial charge in [-0.2, -0.15) is 0 Å². The Morgan fingerprint density at radius 1 is 1.16 bits per heavy atom. The molecule has 0 aliphatic carbocycles. The second-order valence-corrected chi connectivity index (χ2v) is 4.61. The Morgan fingerprint density at radius 2 is 1.95 bits per heavy atom. The molecule has 1 aliphatic heterocycles. The summed E-state index contributed by atoms with van der Waals surface area (Å²) >= 11 is 0. The minimum Gasteiger partial charge on any atom is -0.399 e. The molecule has 0 atom stereocenters. The van der Waals surface area contributed by atoms with Crippen LogP contribution in [0.5, 0.6) is 0 Å². The number of nitrogens with two attached hydrogens (primary N) is 1. The van der Waals surface area contributed by atoms with Gasteiger partial charge in [0.1, 0.15) is 5.82 Å². The first-order chi connectivity index (χ1) is 9.15. The number of carbonyl (C=O) groups excluding carboxylic acids is 1. The Labute approximate surface area is 110 Å². The third-order valence-electron chi connectivity index (χ3n) is 3.31. The van der Waals surface area contributed by atoms with Crippen molar-refractivity contribution in [1.82, 2.24) is 0 Å². The average Bonchev–Trinajstić information content (AvgIpc) is 2.38. The Balaban J connectivity index is 2.02. The highest BCUT2D eigenvalue weighted by Gasteiger charge is 2.25. The van der Waals surface area contributed by atoms with Crippen molar-refractivity contribution in [3.8, 4) is 0 Å². The number of hydrogen-bond acceptors (Lipinski definition) is 2. The van der Waals surface area contributed by atoms with E-state index in [9.17, 15) is 9.18 Å². The van der Waals surface area contributed by atoms with Gasteiger partial charge in [0.15, 0.2) is 0 Å². The monoisotopic (exact) mass is 256 g/mol. The number of carbonyl (C=O) groups is 1. The molecule has 0 bridgehead atoms. The van der Waals surface area contributed by atoms with Crippen LogP contribution < -0.4 is 10.6 Å². The van der Waals surface area contributed by atoms with Crippen LogP contribution in [0.2, 0.25) is 0 Å². The maximum atomic E-state index is 13.4. The fourth-order valence-corrected chi connectivity index (χ4v) is 2.42. The zero-order valence-electron chi connectivity index (χ0n) is 10.3. The SMILES string of the molecule is Nc1cc(F)cc(N2CCc3ccccc3C2=O)c1. The van der Waals surface area contributed by atoms with Crippen LogP contribution in [0.15, 0.2) is 42.5 Å². The molecule has 0 fully saturated rings. The number of rotatable bonds is 1. The van der Waals surface area contributed by atoms with Crippen molar-refractivity contribution in [3.05, 3.63) is 59.4 Å². The molecule has 1 heterocycles. The molecule has 0 spiro atoms. The van der Waals surface area contributed by atoms with E-state index in [4.69, 9.17) is 5.73 Å². The molecule has 1 amide bonds. The average molecular weight is 256 g/mol. The molecule has 3 nitrogen and oxygen atoms in total. The van der Waals surface area contributed by atoms with Crippen molar-refractivity contribution < 1.29 is 9.18 Å². The van der Waals surface area contributed by atoms with Gasteiger partial charge in [-0.15, -0.1) is 0 Å². The first kappa shape index (κ1) is 11.7. The van der Waals surface area contributed by atoms with E-state index in [-0.39, 0.29) is 5.91 Å². The molecule has 0 saturated carbocycles. The number of amides is 1. The fourth-order valence-electron chi connectivity index (χ4n) is 2.42. The summed E-state index contributed by atoms with van der Waals surface area (Å²) in [6, 6.07) is 11.7. The Morgan fingerprint density at radius 3 is 2.74 bits per heavy atom. The number of fused-ring (bicyclic) bond motifs is 1. The van der Waals surface area contributed by atoms with Crippen LogP contribution in [-0.2, 0) is 6.42 Å². The molecule has 0 radical (unpaired) electrons. The first-order valence-electron chi connectivity index (χ1n) is 6.11. The van der Waals surface area contributed by atoms with Gasteiger partial charge in [0, 0.05) is 23.5 Å². The van der Waals surface area contributed by atoms with Crippen molar-refractivity contribution in [2.75, 3.05) is 17.2 Å². The molecule has 1 aliphatic rings.